The lowest BCUT2D eigenvalue weighted by Crippen LogP contribution is -2.38. The van der Waals surface area contributed by atoms with Crippen LogP contribution in [-0.4, -0.2) is 15.4 Å². The number of amides is 1. The van der Waals surface area contributed by atoms with Gasteiger partial charge in [0.05, 0.1) is 6.54 Å². The Hall–Kier alpha value is -2.33. The van der Waals surface area contributed by atoms with Gasteiger partial charge < -0.3 is 9.47 Å². The molecule has 4 heteroatoms. The van der Waals surface area contributed by atoms with E-state index in [2.05, 4.69) is 75.2 Å². The fourth-order valence-electron chi connectivity index (χ4n) is 3.66. The van der Waals surface area contributed by atoms with Crippen molar-refractivity contribution in [2.45, 2.75) is 38.9 Å². The highest BCUT2D eigenvalue weighted by Gasteiger charge is 2.29. The third-order valence-electron chi connectivity index (χ3n) is 5.52. The summed E-state index contributed by atoms with van der Waals surface area (Å²) in [6.45, 7) is 2.12. The summed E-state index contributed by atoms with van der Waals surface area (Å²) in [5.41, 5.74) is 3.60. The van der Waals surface area contributed by atoms with Gasteiger partial charge in [-0.25, -0.2) is 0 Å². The summed E-state index contributed by atoms with van der Waals surface area (Å²) in [7, 11) is 0. The Kier molecular flexibility index (Phi) is 5.96. The zero-order valence-electron chi connectivity index (χ0n) is 15.9. The number of hydrogen-bond acceptors (Lipinski definition) is 1. The summed E-state index contributed by atoms with van der Waals surface area (Å²) in [6.07, 6.45) is 5.34. The molecule has 0 N–H and O–H groups in total. The molecule has 0 unspecified atom stereocenters. The molecule has 2 aromatic carbocycles. The van der Waals surface area contributed by atoms with E-state index < -0.39 is 0 Å². The molecule has 1 aliphatic rings. The van der Waals surface area contributed by atoms with Crippen LogP contribution >= 0.6 is 15.9 Å². The number of carbonyl (C=O) groups is 1. The topological polar surface area (TPSA) is 25.2 Å². The van der Waals surface area contributed by atoms with Crippen LogP contribution in [0.4, 0.5) is 0 Å². The average Bonchev–Trinajstić information content (AvgIpc) is 3.09. The Morgan fingerprint density at radius 3 is 2.36 bits per heavy atom. The fourth-order valence-corrected chi connectivity index (χ4v) is 3.92. The van der Waals surface area contributed by atoms with E-state index in [9.17, 15) is 4.79 Å². The summed E-state index contributed by atoms with van der Waals surface area (Å²) in [4.78, 5) is 15.1. The van der Waals surface area contributed by atoms with Gasteiger partial charge in [0.1, 0.15) is 0 Å². The Morgan fingerprint density at radius 1 is 0.929 bits per heavy atom. The Bertz CT molecular complexity index is 913. The van der Waals surface area contributed by atoms with Crippen molar-refractivity contribution in [3.63, 3.8) is 0 Å². The van der Waals surface area contributed by atoms with Crippen LogP contribution in [0.5, 0.6) is 0 Å². The molecule has 1 fully saturated rings. The molecule has 1 aromatic heterocycles. The Morgan fingerprint density at radius 2 is 1.68 bits per heavy atom. The standard InChI is InChI=1S/C24H25BrN2O/c25-22-13-11-20(12-14-22)16-26-15-5-10-23(26)18-27(24(28)21-8-4-9-21)17-19-6-2-1-3-7-19/h1-3,5-7,10-15,21H,4,8-9,16-18H2. The highest BCUT2D eigenvalue weighted by Crippen LogP contribution is 2.29. The molecule has 0 bridgehead atoms. The lowest BCUT2D eigenvalue weighted by molar-refractivity contribution is -0.139. The van der Waals surface area contributed by atoms with Crippen molar-refractivity contribution < 1.29 is 4.79 Å². The quantitative estimate of drug-likeness (QED) is 0.471. The monoisotopic (exact) mass is 436 g/mol. The molecule has 3 nitrogen and oxygen atoms in total. The minimum absolute atomic E-state index is 0.207. The van der Waals surface area contributed by atoms with Crippen LogP contribution < -0.4 is 0 Å². The van der Waals surface area contributed by atoms with Crippen LogP contribution in [-0.2, 0) is 24.4 Å². The van der Waals surface area contributed by atoms with E-state index in [-0.39, 0.29) is 5.92 Å². The molecular formula is C24H25BrN2O. The maximum atomic E-state index is 13.1. The lowest BCUT2D eigenvalue weighted by atomic mass is 9.84. The number of hydrogen-bond donors (Lipinski definition) is 0. The lowest BCUT2D eigenvalue weighted by Gasteiger charge is -2.32. The van der Waals surface area contributed by atoms with E-state index in [1.54, 1.807) is 0 Å². The number of nitrogens with zero attached hydrogens (tertiary/aromatic N) is 2. The number of aromatic nitrogens is 1. The molecular weight excluding hydrogens is 412 g/mol. The molecule has 1 aliphatic carbocycles. The third kappa shape index (κ3) is 4.56. The van der Waals surface area contributed by atoms with E-state index in [0.29, 0.717) is 19.0 Å². The molecule has 4 rings (SSSR count). The van der Waals surface area contributed by atoms with Gasteiger partial charge in [-0.2, -0.15) is 0 Å². The van der Waals surface area contributed by atoms with Gasteiger partial charge in [-0.1, -0.05) is 64.8 Å². The minimum Gasteiger partial charge on any atom is -0.345 e. The summed E-state index contributed by atoms with van der Waals surface area (Å²) < 4.78 is 3.33. The molecule has 1 saturated carbocycles. The molecule has 0 atom stereocenters. The van der Waals surface area contributed by atoms with Crippen LogP contribution in [0.1, 0.15) is 36.1 Å². The van der Waals surface area contributed by atoms with Gasteiger partial charge in [-0.15, -0.1) is 0 Å². The third-order valence-corrected chi connectivity index (χ3v) is 6.05. The van der Waals surface area contributed by atoms with E-state index in [0.717, 1.165) is 23.9 Å². The van der Waals surface area contributed by atoms with E-state index in [4.69, 9.17) is 0 Å². The highest BCUT2D eigenvalue weighted by atomic mass is 79.9. The minimum atomic E-state index is 0.207. The van der Waals surface area contributed by atoms with Gasteiger partial charge in [0.15, 0.2) is 0 Å². The molecule has 0 radical (unpaired) electrons. The van der Waals surface area contributed by atoms with Crippen molar-refractivity contribution in [3.05, 3.63) is 94.2 Å². The van der Waals surface area contributed by atoms with Crippen molar-refractivity contribution in [1.29, 1.82) is 0 Å². The molecule has 144 valence electrons. The fraction of sp³-hybridized carbons (Fsp3) is 0.292. The molecule has 1 heterocycles. The number of carbonyl (C=O) groups excluding carboxylic acids is 1. The van der Waals surface area contributed by atoms with Crippen LogP contribution in [0.3, 0.4) is 0 Å². The van der Waals surface area contributed by atoms with E-state index in [1.165, 1.54) is 23.2 Å². The van der Waals surface area contributed by atoms with Crippen LogP contribution in [0.15, 0.2) is 77.4 Å². The molecule has 1 amide bonds. The second-order valence-corrected chi connectivity index (χ2v) is 8.48. The summed E-state index contributed by atoms with van der Waals surface area (Å²) >= 11 is 3.49. The number of benzene rings is 2. The van der Waals surface area contributed by atoms with Crippen molar-refractivity contribution in [2.24, 2.45) is 5.92 Å². The second kappa shape index (κ2) is 8.78. The first kappa shape index (κ1) is 19.0. The van der Waals surface area contributed by atoms with Crippen LogP contribution in [0.25, 0.3) is 0 Å². The first-order valence-corrected chi connectivity index (χ1v) is 10.7. The van der Waals surface area contributed by atoms with Crippen LogP contribution in [0.2, 0.25) is 0 Å². The average molecular weight is 437 g/mol. The van der Waals surface area contributed by atoms with Crippen molar-refractivity contribution in [2.75, 3.05) is 0 Å². The maximum absolute atomic E-state index is 13.1. The summed E-state index contributed by atoms with van der Waals surface area (Å²) in [6, 6.07) is 22.9. The van der Waals surface area contributed by atoms with Crippen molar-refractivity contribution in [3.8, 4) is 0 Å². The molecule has 28 heavy (non-hydrogen) atoms. The first-order valence-electron chi connectivity index (χ1n) is 9.90. The smallest absolute Gasteiger partial charge is 0.226 e. The number of halogens is 1. The first-order chi connectivity index (χ1) is 13.7. The maximum Gasteiger partial charge on any atom is 0.226 e. The summed E-state index contributed by atoms with van der Waals surface area (Å²) in [5.74, 6) is 0.505. The van der Waals surface area contributed by atoms with E-state index in [1.807, 2.05) is 23.1 Å². The van der Waals surface area contributed by atoms with E-state index >= 15 is 0 Å². The summed E-state index contributed by atoms with van der Waals surface area (Å²) in [5, 5.41) is 0. The van der Waals surface area contributed by atoms with Gasteiger partial charge in [0, 0.05) is 35.4 Å². The highest BCUT2D eigenvalue weighted by molar-refractivity contribution is 9.10. The molecule has 3 aromatic rings. The van der Waals surface area contributed by atoms with Crippen LogP contribution in [0, 0.1) is 5.92 Å². The number of rotatable bonds is 7. The predicted octanol–water partition coefficient (Wildman–Crippen LogP) is 5.63. The van der Waals surface area contributed by atoms with Gasteiger partial charge >= 0.3 is 0 Å². The Labute approximate surface area is 175 Å². The predicted molar refractivity (Wildman–Crippen MR) is 116 cm³/mol. The molecule has 0 spiro atoms. The van der Waals surface area contributed by atoms with Gasteiger partial charge in [0.25, 0.3) is 0 Å². The SMILES string of the molecule is O=C(C1CCC1)N(Cc1ccccc1)Cc1cccn1Cc1ccc(Br)cc1. The zero-order valence-corrected chi connectivity index (χ0v) is 17.5. The second-order valence-electron chi connectivity index (χ2n) is 7.56. The molecule has 0 aliphatic heterocycles. The van der Waals surface area contributed by atoms with Gasteiger partial charge in [0.2, 0.25) is 5.91 Å². The normalized spacial score (nSPS) is 13.9. The van der Waals surface area contributed by atoms with Crippen molar-refractivity contribution >= 4 is 21.8 Å². The van der Waals surface area contributed by atoms with Gasteiger partial charge in [-0.05, 0) is 48.2 Å². The largest absolute Gasteiger partial charge is 0.345 e. The molecule has 0 saturated heterocycles. The zero-order chi connectivity index (χ0) is 19.3. The van der Waals surface area contributed by atoms with Crippen molar-refractivity contribution in [1.82, 2.24) is 9.47 Å². The van der Waals surface area contributed by atoms with Gasteiger partial charge in [-0.3, -0.25) is 4.79 Å². The Balaban J connectivity index is 1.52.